The second-order valence-electron chi connectivity index (χ2n) is 5.84. The number of carbonyl (C=O) groups is 2. The maximum absolute atomic E-state index is 13.3. The van der Waals surface area contributed by atoms with Gasteiger partial charge in [-0.2, -0.15) is 0 Å². The average Bonchev–Trinajstić information content (AvgIpc) is 2.80. The first-order valence-electron chi connectivity index (χ1n) is 7.57. The second-order valence-corrected chi connectivity index (χ2v) is 6.27. The van der Waals surface area contributed by atoms with Crippen LogP contribution in [0.25, 0.3) is 0 Å². The van der Waals surface area contributed by atoms with Crippen molar-refractivity contribution >= 4 is 29.0 Å². The van der Waals surface area contributed by atoms with Crippen molar-refractivity contribution in [3.8, 4) is 5.75 Å². The molecule has 0 bridgehead atoms. The minimum absolute atomic E-state index is 0.0961. The summed E-state index contributed by atoms with van der Waals surface area (Å²) in [7, 11) is 3.37. The van der Waals surface area contributed by atoms with Crippen LogP contribution in [-0.2, 0) is 11.3 Å². The van der Waals surface area contributed by atoms with E-state index in [-0.39, 0.29) is 12.2 Å². The minimum Gasteiger partial charge on any atom is -0.496 e. The van der Waals surface area contributed by atoms with E-state index < -0.39 is 17.5 Å². The molecule has 2 aromatic carbocycles. The Labute approximate surface area is 149 Å². The monoisotopic (exact) mass is 362 g/mol. The molecular weight excluding hydrogens is 347 g/mol. The maximum atomic E-state index is 13.3. The van der Waals surface area contributed by atoms with Crippen molar-refractivity contribution in [3.63, 3.8) is 0 Å². The number of Topliss-reactive ketones (excluding diaryl/α,β-unsaturated/α-hetero) is 1. The molecule has 0 aromatic heterocycles. The van der Waals surface area contributed by atoms with Crippen LogP contribution >= 0.6 is 11.6 Å². The molecule has 1 heterocycles. The van der Waals surface area contributed by atoms with Crippen LogP contribution in [0.1, 0.15) is 15.9 Å². The van der Waals surface area contributed by atoms with Gasteiger partial charge in [0.1, 0.15) is 11.6 Å². The fourth-order valence-corrected chi connectivity index (χ4v) is 3.06. The third-order valence-corrected chi connectivity index (χ3v) is 4.23. The second kappa shape index (κ2) is 6.82. The number of hydrogen-bond donors (Lipinski definition) is 0. The van der Waals surface area contributed by atoms with E-state index in [1.807, 2.05) is 4.90 Å². The smallest absolute Gasteiger partial charge is 0.300 e. The first-order chi connectivity index (χ1) is 11.9. The molecule has 3 rings (SSSR count). The van der Waals surface area contributed by atoms with Gasteiger partial charge in [0.2, 0.25) is 0 Å². The lowest BCUT2D eigenvalue weighted by Crippen LogP contribution is -2.39. The van der Waals surface area contributed by atoms with Crippen LogP contribution in [0.2, 0.25) is 5.02 Å². The number of ketones is 1. The van der Waals surface area contributed by atoms with Crippen molar-refractivity contribution in [2.75, 3.05) is 25.7 Å². The van der Waals surface area contributed by atoms with E-state index in [4.69, 9.17) is 16.3 Å². The number of benzene rings is 2. The number of hydrogen-bond acceptors (Lipinski definition) is 4. The lowest BCUT2D eigenvalue weighted by atomic mass is 10.1. The number of carbonyl (C=O) groups excluding carboxylic acids is 2. The fourth-order valence-electron chi connectivity index (χ4n) is 2.87. The summed E-state index contributed by atoms with van der Waals surface area (Å²) in [6.07, 6.45) is 0. The van der Waals surface area contributed by atoms with Gasteiger partial charge in [-0.3, -0.25) is 19.4 Å². The van der Waals surface area contributed by atoms with Gasteiger partial charge in [-0.25, -0.2) is 4.39 Å². The molecule has 0 atom stereocenters. The fraction of sp³-hybridized carbons (Fsp3) is 0.222. The zero-order valence-corrected chi connectivity index (χ0v) is 14.5. The maximum Gasteiger partial charge on any atom is 0.300 e. The first-order valence-corrected chi connectivity index (χ1v) is 7.95. The number of methoxy groups -OCH3 is 1. The third kappa shape index (κ3) is 3.36. The van der Waals surface area contributed by atoms with Gasteiger partial charge in [-0.1, -0.05) is 11.6 Å². The molecule has 0 saturated carbocycles. The highest BCUT2D eigenvalue weighted by Crippen LogP contribution is 2.30. The van der Waals surface area contributed by atoms with Crippen molar-refractivity contribution in [3.05, 3.63) is 58.4 Å². The average molecular weight is 363 g/mol. The summed E-state index contributed by atoms with van der Waals surface area (Å²) in [5.41, 5.74) is 1.37. The van der Waals surface area contributed by atoms with E-state index in [1.165, 1.54) is 17.0 Å². The standard InChI is InChI=1S/C18H16ClFN2O3/c1-21(9-11-7-12(19)3-6-16(11)25-2)10-22-15-5-4-13(20)8-14(15)17(23)18(22)24/h3-8H,9-10H2,1-2H3. The molecule has 0 N–H and O–H groups in total. The molecular formula is C18H16ClFN2O3. The summed E-state index contributed by atoms with van der Waals surface area (Å²) in [6, 6.07) is 9.07. The Morgan fingerprint density at radius 1 is 1.20 bits per heavy atom. The van der Waals surface area contributed by atoms with E-state index in [0.29, 0.717) is 23.0 Å². The predicted molar refractivity (Wildman–Crippen MR) is 92.6 cm³/mol. The first kappa shape index (κ1) is 17.4. The molecule has 0 radical (unpaired) electrons. The molecule has 0 aliphatic carbocycles. The molecule has 5 nitrogen and oxygen atoms in total. The van der Waals surface area contributed by atoms with Gasteiger partial charge in [0, 0.05) is 17.1 Å². The van der Waals surface area contributed by atoms with E-state index in [9.17, 15) is 14.0 Å². The number of fused-ring (bicyclic) bond motifs is 1. The number of anilines is 1. The van der Waals surface area contributed by atoms with Crippen LogP contribution in [-0.4, -0.2) is 37.4 Å². The van der Waals surface area contributed by atoms with E-state index >= 15 is 0 Å². The van der Waals surface area contributed by atoms with Gasteiger partial charge in [-0.15, -0.1) is 0 Å². The lowest BCUT2D eigenvalue weighted by molar-refractivity contribution is -0.114. The molecule has 7 heteroatoms. The topological polar surface area (TPSA) is 49.9 Å². The van der Waals surface area contributed by atoms with Gasteiger partial charge in [0.15, 0.2) is 0 Å². The summed E-state index contributed by atoms with van der Waals surface area (Å²) in [5, 5.41) is 0.581. The Kier molecular flexibility index (Phi) is 4.74. The van der Waals surface area contributed by atoms with Gasteiger partial charge in [0.05, 0.1) is 25.0 Å². The van der Waals surface area contributed by atoms with Gasteiger partial charge in [-0.05, 0) is 43.4 Å². The van der Waals surface area contributed by atoms with Gasteiger partial charge < -0.3 is 4.74 Å². The van der Waals surface area contributed by atoms with Crippen molar-refractivity contribution in [1.82, 2.24) is 4.90 Å². The van der Waals surface area contributed by atoms with Gasteiger partial charge >= 0.3 is 5.91 Å². The summed E-state index contributed by atoms with van der Waals surface area (Å²) < 4.78 is 18.7. The minimum atomic E-state index is -0.691. The number of ether oxygens (including phenoxy) is 1. The van der Waals surface area contributed by atoms with Crippen LogP contribution in [0.3, 0.4) is 0 Å². The number of nitrogens with zero attached hydrogens (tertiary/aromatic N) is 2. The highest BCUT2D eigenvalue weighted by atomic mass is 35.5. The van der Waals surface area contributed by atoms with Crippen LogP contribution in [0.4, 0.5) is 10.1 Å². The Morgan fingerprint density at radius 3 is 2.68 bits per heavy atom. The molecule has 2 aromatic rings. The summed E-state index contributed by atoms with van der Waals surface area (Å²) in [6.45, 7) is 0.636. The van der Waals surface area contributed by atoms with Crippen molar-refractivity contribution < 1.29 is 18.7 Å². The predicted octanol–water partition coefficient (Wildman–Crippen LogP) is 3.11. The molecule has 130 valence electrons. The summed E-state index contributed by atoms with van der Waals surface area (Å²) in [5.74, 6) is -1.21. The zero-order chi connectivity index (χ0) is 18.1. The molecule has 0 spiro atoms. The normalized spacial score (nSPS) is 13.6. The van der Waals surface area contributed by atoms with E-state index in [1.54, 1.807) is 32.4 Å². The van der Waals surface area contributed by atoms with Crippen LogP contribution in [0.15, 0.2) is 36.4 Å². The quantitative estimate of drug-likeness (QED) is 0.767. The molecule has 1 aliphatic rings. The summed E-state index contributed by atoms with van der Waals surface area (Å²) >= 11 is 6.03. The molecule has 1 amide bonds. The van der Waals surface area contributed by atoms with E-state index in [0.717, 1.165) is 11.6 Å². The number of halogens is 2. The van der Waals surface area contributed by atoms with Crippen molar-refractivity contribution in [2.24, 2.45) is 0 Å². The Hall–Kier alpha value is -2.44. The molecule has 25 heavy (non-hydrogen) atoms. The van der Waals surface area contributed by atoms with Gasteiger partial charge in [0.25, 0.3) is 5.78 Å². The number of rotatable bonds is 5. The highest BCUT2D eigenvalue weighted by molar-refractivity contribution is 6.52. The molecule has 1 aliphatic heterocycles. The molecule has 0 saturated heterocycles. The van der Waals surface area contributed by atoms with Crippen molar-refractivity contribution in [1.29, 1.82) is 0 Å². The molecule has 0 unspecified atom stereocenters. The van der Waals surface area contributed by atoms with Crippen LogP contribution in [0.5, 0.6) is 5.75 Å². The Balaban J connectivity index is 1.80. The van der Waals surface area contributed by atoms with Crippen molar-refractivity contribution in [2.45, 2.75) is 6.54 Å². The zero-order valence-electron chi connectivity index (χ0n) is 13.8. The summed E-state index contributed by atoms with van der Waals surface area (Å²) in [4.78, 5) is 27.4. The Bertz CT molecular complexity index is 856. The lowest BCUT2D eigenvalue weighted by Gasteiger charge is -2.25. The largest absolute Gasteiger partial charge is 0.496 e. The molecule has 0 fully saturated rings. The van der Waals surface area contributed by atoms with E-state index in [2.05, 4.69) is 0 Å². The van der Waals surface area contributed by atoms with Crippen LogP contribution < -0.4 is 9.64 Å². The number of amides is 1. The SMILES string of the molecule is COc1ccc(Cl)cc1CN(C)CN1C(=O)C(=O)c2cc(F)ccc21. The Morgan fingerprint density at radius 2 is 1.96 bits per heavy atom. The highest BCUT2D eigenvalue weighted by Gasteiger charge is 2.36. The third-order valence-electron chi connectivity index (χ3n) is 4.00. The van der Waals surface area contributed by atoms with Crippen LogP contribution in [0, 0.1) is 5.82 Å².